The summed E-state index contributed by atoms with van der Waals surface area (Å²) in [5.74, 6) is 1.67. The molecule has 2 heterocycles. The highest BCUT2D eigenvalue weighted by Crippen LogP contribution is 2.45. The van der Waals surface area contributed by atoms with Gasteiger partial charge in [0.1, 0.15) is 11.5 Å². The Kier molecular flexibility index (Phi) is 3.62. The second-order valence-electron chi connectivity index (χ2n) is 7.14. The summed E-state index contributed by atoms with van der Waals surface area (Å²) in [6.45, 7) is 0. The third-order valence-corrected chi connectivity index (χ3v) is 5.45. The highest BCUT2D eigenvalue weighted by molar-refractivity contribution is 6.12. The van der Waals surface area contributed by atoms with Crippen molar-refractivity contribution in [3.8, 4) is 28.5 Å². The zero-order chi connectivity index (χ0) is 19.4. The number of para-hydroxylation sites is 1. The quantitative estimate of drug-likeness (QED) is 0.549. The maximum absolute atomic E-state index is 10.7. The Morgan fingerprint density at radius 2 is 1.93 bits per heavy atom. The molecular weight excluding hydrogens is 354 g/mol. The molecule has 0 bridgehead atoms. The zero-order valence-corrected chi connectivity index (χ0v) is 15.8. The van der Waals surface area contributed by atoms with E-state index >= 15 is 0 Å². The van der Waals surface area contributed by atoms with Gasteiger partial charge in [0.2, 0.25) is 5.88 Å². The van der Waals surface area contributed by atoms with Crippen LogP contribution in [0.2, 0.25) is 0 Å². The van der Waals surface area contributed by atoms with Crippen LogP contribution in [-0.4, -0.2) is 28.9 Å². The standard InChI is InChI=1S/C22H21N3O3/c1-27-13-8-9-18(28-2)16(10-13)14-4-3-5-15-20(23)19-17(24-21(14)15)11-25(22(19)26)12-6-7-12/h3-5,8-12,26H,6-7,23H2,1-2H3. The van der Waals surface area contributed by atoms with E-state index in [2.05, 4.69) is 0 Å². The predicted octanol–water partition coefficient (Wildman–Crippen LogP) is 4.50. The van der Waals surface area contributed by atoms with Gasteiger partial charge in [0.25, 0.3) is 0 Å². The summed E-state index contributed by atoms with van der Waals surface area (Å²) >= 11 is 0. The summed E-state index contributed by atoms with van der Waals surface area (Å²) in [5.41, 5.74) is 10.3. The molecule has 1 aliphatic rings. The topological polar surface area (TPSA) is 82.5 Å². The molecular formula is C22H21N3O3. The molecule has 6 heteroatoms. The van der Waals surface area contributed by atoms with Crippen LogP contribution in [0.4, 0.5) is 5.69 Å². The molecule has 1 saturated carbocycles. The highest BCUT2D eigenvalue weighted by atomic mass is 16.5. The highest BCUT2D eigenvalue weighted by Gasteiger charge is 2.28. The first-order chi connectivity index (χ1) is 13.6. The number of methoxy groups -OCH3 is 2. The van der Waals surface area contributed by atoms with E-state index in [-0.39, 0.29) is 5.88 Å². The molecule has 5 rings (SSSR count). The van der Waals surface area contributed by atoms with E-state index in [1.165, 1.54) is 0 Å². The second kappa shape index (κ2) is 6.05. The summed E-state index contributed by atoms with van der Waals surface area (Å²) in [7, 11) is 3.28. The van der Waals surface area contributed by atoms with Crippen molar-refractivity contribution in [1.29, 1.82) is 0 Å². The fourth-order valence-electron chi connectivity index (χ4n) is 3.85. The number of anilines is 1. The molecule has 2 aromatic heterocycles. The van der Waals surface area contributed by atoms with Crippen LogP contribution in [0.25, 0.3) is 32.9 Å². The van der Waals surface area contributed by atoms with E-state index in [0.717, 1.165) is 46.4 Å². The van der Waals surface area contributed by atoms with Gasteiger partial charge in [0, 0.05) is 28.8 Å². The Hall–Kier alpha value is -3.41. The fourth-order valence-corrected chi connectivity index (χ4v) is 3.85. The molecule has 0 spiro atoms. The average molecular weight is 375 g/mol. The SMILES string of the molecule is COc1ccc(OC)c(-c2cccc3c(N)c4c(O)n(C5CC5)cc4nc23)c1. The Morgan fingerprint density at radius 3 is 2.64 bits per heavy atom. The van der Waals surface area contributed by atoms with Gasteiger partial charge in [-0.15, -0.1) is 0 Å². The van der Waals surface area contributed by atoms with Crippen LogP contribution < -0.4 is 15.2 Å². The van der Waals surface area contributed by atoms with Crippen molar-refractivity contribution in [2.75, 3.05) is 20.0 Å². The Balaban J connectivity index is 1.83. The summed E-state index contributed by atoms with van der Waals surface area (Å²) in [5, 5.41) is 12.1. The van der Waals surface area contributed by atoms with E-state index < -0.39 is 0 Å². The molecule has 3 N–H and O–H groups in total. The van der Waals surface area contributed by atoms with Gasteiger partial charge in [0.05, 0.1) is 36.3 Å². The lowest BCUT2D eigenvalue weighted by Crippen LogP contribution is -1.95. The lowest BCUT2D eigenvalue weighted by Gasteiger charge is -2.13. The van der Waals surface area contributed by atoms with Crippen LogP contribution in [-0.2, 0) is 0 Å². The molecule has 0 amide bonds. The van der Waals surface area contributed by atoms with Crippen LogP contribution in [0.5, 0.6) is 17.4 Å². The zero-order valence-electron chi connectivity index (χ0n) is 15.8. The molecule has 6 nitrogen and oxygen atoms in total. The molecule has 28 heavy (non-hydrogen) atoms. The maximum atomic E-state index is 10.7. The number of ether oxygens (including phenoxy) is 2. The molecule has 0 aliphatic heterocycles. The number of fused-ring (bicyclic) bond motifs is 2. The third-order valence-electron chi connectivity index (χ3n) is 5.45. The van der Waals surface area contributed by atoms with Crippen molar-refractivity contribution in [2.24, 2.45) is 0 Å². The minimum absolute atomic E-state index is 0.203. The van der Waals surface area contributed by atoms with Gasteiger partial charge in [-0.1, -0.05) is 18.2 Å². The number of nitrogen functional groups attached to an aromatic ring is 1. The van der Waals surface area contributed by atoms with Crippen molar-refractivity contribution in [2.45, 2.75) is 18.9 Å². The molecule has 142 valence electrons. The maximum Gasteiger partial charge on any atom is 0.203 e. The Labute approximate surface area is 162 Å². The summed E-state index contributed by atoms with van der Waals surface area (Å²) in [6.07, 6.45) is 4.04. The smallest absolute Gasteiger partial charge is 0.203 e. The van der Waals surface area contributed by atoms with Gasteiger partial charge in [-0.3, -0.25) is 0 Å². The van der Waals surface area contributed by atoms with Gasteiger partial charge in [-0.05, 0) is 31.0 Å². The van der Waals surface area contributed by atoms with Crippen LogP contribution in [0, 0.1) is 0 Å². The first kappa shape index (κ1) is 16.7. The minimum Gasteiger partial charge on any atom is -0.497 e. The van der Waals surface area contributed by atoms with Crippen molar-refractivity contribution < 1.29 is 14.6 Å². The molecule has 1 fully saturated rings. The summed E-state index contributed by atoms with van der Waals surface area (Å²) in [6, 6.07) is 11.9. The van der Waals surface area contributed by atoms with Gasteiger partial charge in [-0.2, -0.15) is 0 Å². The molecule has 0 atom stereocenters. The molecule has 4 aromatic rings. The van der Waals surface area contributed by atoms with E-state index in [1.807, 2.05) is 47.2 Å². The first-order valence-corrected chi connectivity index (χ1v) is 9.26. The average Bonchev–Trinajstić information content (AvgIpc) is 3.51. The molecule has 0 saturated heterocycles. The monoisotopic (exact) mass is 375 g/mol. The minimum atomic E-state index is 0.203. The van der Waals surface area contributed by atoms with Gasteiger partial charge < -0.3 is 24.9 Å². The number of hydrogen-bond acceptors (Lipinski definition) is 5. The molecule has 1 aliphatic carbocycles. The van der Waals surface area contributed by atoms with E-state index in [0.29, 0.717) is 22.6 Å². The van der Waals surface area contributed by atoms with Crippen molar-refractivity contribution in [3.63, 3.8) is 0 Å². The first-order valence-electron chi connectivity index (χ1n) is 9.26. The number of pyridine rings is 1. The van der Waals surface area contributed by atoms with E-state index in [9.17, 15) is 5.11 Å². The van der Waals surface area contributed by atoms with Crippen LogP contribution >= 0.6 is 0 Å². The van der Waals surface area contributed by atoms with Crippen LogP contribution in [0.3, 0.4) is 0 Å². The summed E-state index contributed by atoms with van der Waals surface area (Å²) < 4.78 is 12.9. The number of nitrogens with zero attached hydrogens (tertiary/aromatic N) is 2. The Morgan fingerprint density at radius 1 is 1.11 bits per heavy atom. The van der Waals surface area contributed by atoms with Gasteiger partial charge in [-0.25, -0.2) is 4.98 Å². The summed E-state index contributed by atoms with van der Waals surface area (Å²) in [4.78, 5) is 4.88. The third kappa shape index (κ3) is 2.37. The normalized spacial score (nSPS) is 13.9. The number of aromatic hydroxyl groups is 1. The van der Waals surface area contributed by atoms with Crippen LogP contribution in [0.1, 0.15) is 18.9 Å². The number of hydrogen-bond donors (Lipinski definition) is 2. The van der Waals surface area contributed by atoms with E-state index in [1.54, 1.807) is 14.2 Å². The van der Waals surface area contributed by atoms with Crippen LogP contribution in [0.15, 0.2) is 42.6 Å². The fraction of sp³-hybridized carbons (Fsp3) is 0.227. The van der Waals surface area contributed by atoms with Crippen molar-refractivity contribution in [3.05, 3.63) is 42.6 Å². The second-order valence-corrected chi connectivity index (χ2v) is 7.14. The predicted molar refractivity (Wildman–Crippen MR) is 110 cm³/mol. The number of aromatic nitrogens is 2. The van der Waals surface area contributed by atoms with Crippen molar-refractivity contribution in [1.82, 2.24) is 9.55 Å². The number of nitrogens with two attached hydrogens (primary N) is 1. The number of rotatable bonds is 4. The van der Waals surface area contributed by atoms with Gasteiger partial charge >= 0.3 is 0 Å². The lowest BCUT2D eigenvalue weighted by molar-refractivity contribution is 0.404. The molecule has 0 radical (unpaired) electrons. The number of benzene rings is 2. The lowest BCUT2D eigenvalue weighted by atomic mass is 9.99. The molecule has 0 unspecified atom stereocenters. The van der Waals surface area contributed by atoms with E-state index in [4.69, 9.17) is 20.2 Å². The largest absolute Gasteiger partial charge is 0.497 e. The van der Waals surface area contributed by atoms with Crippen molar-refractivity contribution >= 4 is 27.5 Å². The van der Waals surface area contributed by atoms with Gasteiger partial charge in [0.15, 0.2) is 0 Å². The Bertz CT molecular complexity index is 1230. The molecule has 2 aromatic carbocycles.